The van der Waals surface area contributed by atoms with Crippen LogP contribution in [0.2, 0.25) is 5.02 Å². The lowest BCUT2D eigenvalue weighted by Gasteiger charge is -2.05. The van der Waals surface area contributed by atoms with Gasteiger partial charge in [0.25, 0.3) is 5.82 Å². The maximum Gasteiger partial charge on any atom is 0.378 e. The van der Waals surface area contributed by atoms with Gasteiger partial charge in [0.15, 0.2) is 18.2 Å². The molecule has 0 aliphatic carbocycles. The van der Waals surface area contributed by atoms with E-state index >= 15 is 0 Å². The summed E-state index contributed by atoms with van der Waals surface area (Å²) >= 11 is 6.12. The fourth-order valence-corrected chi connectivity index (χ4v) is 3.06. The third-order valence-corrected chi connectivity index (χ3v) is 4.54. The first kappa shape index (κ1) is 19.5. The van der Waals surface area contributed by atoms with Gasteiger partial charge in [-0.3, -0.25) is 4.79 Å². The first-order chi connectivity index (χ1) is 14.6. The van der Waals surface area contributed by atoms with Gasteiger partial charge in [0.05, 0.1) is 5.69 Å². The van der Waals surface area contributed by atoms with E-state index < -0.39 is 12.6 Å². The van der Waals surface area contributed by atoms with Gasteiger partial charge in [0.2, 0.25) is 0 Å². The summed E-state index contributed by atoms with van der Waals surface area (Å²) in [5, 5.41) is 4.85. The number of nitrogens with zero attached hydrogens (tertiary/aromatic N) is 3. The van der Waals surface area contributed by atoms with Crippen molar-refractivity contribution in [1.29, 1.82) is 0 Å². The number of hydrogen-bond acceptors (Lipinski definition) is 5. The molecule has 0 aliphatic rings. The molecule has 1 aromatic heterocycles. The molecular formula is C23H16ClN3O3. The predicted molar refractivity (Wildman–Crippen MR) is 113 cm³/mol. The van der Waals surface area contributed by atoms with E-state index in [1.54, 1.807) is 53.2 Å². The minimum Gasteiger partial charge on any atom is -0.451 e. The van der Waals surface area contributed by atoms with Gasteiger partial charge in [-0.05, 0) is 24.3 Å². The lowest BCUT2D eigenvalue weighted by molar-refractivity contribution is 0.0462. The van der Waals surface area contributed by atoms with Crippen LogP contribution in [0.1, 0.15) is 21.0 Å². The first-order valence-corrected chi connectivity index (χ1v) is 9.53. The molecule has 0 aliphatic heterocycles. The smallest absolute Gasteiger partial charge is 0.378 e. The van der Waals surface area contributed by atoms with Crippen molar-refractivity contribution in [2.45, 2.75) is 0 Å². The van der Waals surface area contributed by atoms with E-state index in [1.165, 1.54) is 0 Å². The van der Waals surface area contributed by atoms with Gasteiger partial charge in [-0.25, -0.2) is 14.5 Å². The molecule has 4 rings (SSSR count). The van der Waals surface area contributed by atoms with Crippen LogP contribution in [0.5, 0.6) is 0 Å². The summed E-state index contributed by atoms with van der Waals surface area (Å²) in [7, 11) is 0. The van der Waals surface area contributed by atoms with Crippen molar-refractivity contribution in [3.8, 4) is 17.1 Å². The van der Waals surface area contributed by atoms with Crippen molar-refractivity contribution in [1.82, 2.24) is 14.8 Å². The Labute approximate surface area is 177 Å². The zero-order valence-corrected chi connectivity index (χ0v) is 16.5. The number of carbonyl (C=O) groups excluding carboxylic acids is 2. The molecule has 0 N–H and O–H groups in total. The zero-order valence-electron chi connectivity index (χ0n) is 15.7. The van der Waals surface area contributed by atoms with E-state index in [0.29, 0.717) is 22.0 Å². The second-order valence-electron chi connectivity index (χ2n) is 6.38. The van der Waals surface area contributed by atoms with Crippen LogP contribution in [0, 0.1) is 0 Å². The van der Waals surface area contributed by atoms with Crippen molar-refractivity contribution >= 4 is 23.4 Å². The van der Waals surface area contributed by atoms with Crippen LogP contribution < -0.4 is 0 Å². The maximum atomic E-state index is 12.5. The number of para-hydroxylation sites is 1. The van der Waals surface area contributed by atoms with Crippen LogP contribution in [0.3, 0.4) is 0 Å². The second-order valence-corrected chi connectivity index (χ2v) is 6.82. The number of hydrogen-bond donors (Lipinski definition) is 0. The van der Waals surface area contributed by atoms with E-state index in [0.717, 1.165) is 5.69 Å². The first-order valence-electron chi connectivity index (χ1n) is 9.15. The monoisotopic (exact) mass is 417 g/mol. The number of ketones is 1. The standard InChI is InChI=1S/C23H16ClN3O3/c24-18-11-7-10-17(14-18)22-25-21(26-27(22)19-12-5-2-6-13-19)23(29)30-15-20(28)16-8-3-1-4-9-16/h1-14H,15H2. The fourth-order valence-electron chi connectivity index (χ4n) is 2.87. The molecule has 148 valence electrons. The molecule has 30 heavy (non-hydrogen) atoms. The number of benzene rings is 3. The third kappa shape index (κ3) is 4.29. The van der Waals surface area contributed by atoms with Gasteiger partial charge >= 0.3 is 5.97 Å². The van der Waals surface area contributed by atoms with Crippen molar-refractivity contribution in [3.63, 3.8) is 0 Å². The van der Waals surface area contributed by atoms with Crippen molar-refractivity contribution in [3.05, 3.63) is 101 Å². The van der Waals surface area contributed by atoms with Gasteiger partial charge < -0.3 is 4.74 Å². The molecule has 3 aromatic carbocycles. The summed E-state index contributed by atoms with van der Waals surface area (Å²) in [5.41, 5.74) is 1.88. The topological polar surface area (TPSA) is 74.1 Å². The van der Waals surface area contributed by atoms with Crippen LogP contribution in [0.4, 0.5) is 0 Å². The maximum absolute atomic E-state index is 12.5. The Morgan fingerprint density at radius 3 is 2.30 bits per heavy atom. The van der Waals surface area contributed by atoms with Gasteiger partial charge in [-0.2, -0.15) is 0 Å². The van der Waals surface area contributed by atoms with Crippen molar-refractivity contribution < 1.29 is 14.3 Å². The quantitative estimate of drug-likeness (QED) is 0.338. The summed E-state index contributed by atoms with van der Waals surface area (Å²) in [5.74, 6) is -0.793. The second kappa shape index (κ2) is 8.71. The molecule has 0 unspecified atom stereocenters. The Balaban J connectivity index is 1.62. The average molecular weight is 418 g/mol. The Morgan fingerprint density at radius 1 is 0.900 bits per heavy atom. The molecule has 0 spiro atoms. The summed E-state index contributed by atoms with van der Waals surface area (Å²) < 4.78 is 6.70. The van der Waals surface area contributed by atoms with E-state index in [1.807, 2.05) is 36.4 Å². The van der Waals surface area contributed by atoms with Crippen LogP contribution in [0.15, 0.2) is 84.9 Å². The molecule has 0 radical (unpaired) electrons. The van der Waals surface area contributed by atoms with E-state index in [9.17, 15) is 9.59 Å². The highest BCUT2D eigenvalue weighted by atomic mass is 35.5. The molecule has 7 heteroatoms. The molecule has 0 fully saturated rings. The highest BCUT2D eigenvalue weighted by molar-refractivity contribution is 6.30. The highest BCUT2D eigenvalue weighted by Crippen LogP contribution is 2.24. The summed E-state index contributed by atoms with van der Waals surface area (Å²) in [6.45, 7) is -0.394. The summed E-state index contributed by atoms with van der Waals surface area (Å²) in [4.78, 5) is 29.1. The number of esters is 1. The Kier molecular flexibility index (Phi) is 5.68. The van der Waals surface area contributed by atoms with E-state index in [-0.39, 0.29) is 11.6 Å². The SMILES string of the molecule is O=C(COC(=O)c1nc(-c2cccc(Cl)c2)n(-c2ccccc2)n1)c1ccccc1. The van der Waals surface area contributed by atoms with Gasteiger partial charge in [-0.1, -0.05) is 72.3 Å². The van der Waals surface area contributed by atoms with Gasteiger partial charge in [0, 0.05) is 16.1 Å². The van der Waals surface area contributed by atoms with Crippen LogP contribution in [-0.4, -0.2) is 33.1 Å². The fraction of sp³-hybridized carbons (Fsp3) is 0.0435. The molecular weight excluding hydrogens is 402 g/mol. The van der Waals surface area contributed by atoms with Crippen molar-refractivity contribution in [2.24, 2.45) is 0 Å². The van der Waals surface area contributed by atoms with Crippen LogP contribution in [0.25, 0.3) is 17.1 Å². The summed E-state index contributed by atoms with van der Waals surface area (Å²) in [6.07, 6.45) is 0. The molecule has 0 saturated carbocycles. The number of rotatable bonds is 6. The normalized spacial score (nSPS) is 10.6. The number of carbonyl (C=O) groups is 2. The number of aromatic nitrogens is 3. The number of Topliss-reactive ketones (excluding diaryl/α,β-unsaturated/α-hetero) is 1. The number of halogens is 1. The summed E-state index contributed by atoms with van der Waals surface area (Å²) in [6, 6.07) is 25.0. The molecule has 0 atom stereocenters. The molecule has 6 nitrogen and oxygen atoms in total. The highest BCUT2D eigenvalue weighted by Gasteiger charge is 2.21. The Morgan fingerprint density at radius 2 is 1.60 bits per heavy atom. The largest absolute Gasteiger partial charge is 0.451 e. The molecule has 4 aromatic rings. The predicted octanol–water partition coefficient (Wildman–Crippen LogP) is 4.63. The Bertz CT molecular complexity index is 1190. The third-order valence-electron chi connectivity index (χ3n) is 4.30. The molecule has 0 saturated heterocycles. The lowest BCUT2D eigenvalue weighted by Crippen LogP contribution is -2.15. The molecule has 0 amide bonds. The van der Waals surface area contributed by atoms with Crippen LogP contribution in [-0.2, 0) is 4.74 Å². The van der Waals surface area contributed by atoms with E-state index in [2.05, 4.69) is 10.1 Å². The van der Waals surface area contributed by atoms with Crippen LogP contribution >= 0.6 is 11.6 Å². The Hall–Kier alpha value is -3.77. The molecule has 0 bridgehead atoms. The minimum absolute atomic E-state index is 0.144. The zero-order chi connectivity index (χ0) is 20.9. The van der Waals surface area contributed by atoms with E-state index in [4.69, 9.17) is 16.3 Å². The molecule has 1 heterocycles. The average Bonchev–Trinajstić information content (AvgIpc) is 3.24. The number of ether oxygens (including phenoxy) is 1. The minimum atomic E-state index is -0.780. The van der Waals surface area contributed by atoms with Gasteiger partial charge in [0.1, 0.15) is 0 Å². The van der Waals surface area contributed by atoms with Gasteiger partial charge in [-0.15, -0.1) is 5.10 Å². The lowest BCUT2D eigenvalue weighted by atomic mass is 10.1. The van der Waals surface area contributed by atoms with Crippen molar-refractivity contribution in [2.75, 3.05) is 6.61 Å².